The van der Waals surface area contributed by atoms with Crippen LogP contribution >= 0.6 is 0 Å². The number of amides is 2. The van der Waals surface area contributed by atoms with Crippen LogP contribution in [0.4, 0.5) is 22.4 Å². The first-order chi connectivity index (χ1) is 8.38. The summed E-state index contributed by atoms with van der Waals surface area (Å²) in [6, 6.07) is -2.59. The molecule has 0 heterocycles. The van der Waals surface area contributed by atoms with E-state index in [-0.39, 0.29) is 0 Å². The highest BCUT2D eigenvalue weighted by atomic mass is 19.3. The summed E-state index contributed by atoms with van der Waals surface area (Å²) in [4.78, 5) is 22.1. The number of carbonyl (C=O) groups is 2. The van der Waals surface area contributed by atoms with Crippen LogP contribution in [0.3, 0.4) is 0 Å². The lowest BCUT2D eigenvalue weighted by molar-refractivity contribution is -0.142. The maximum Gasteiger partial charge on any atom is 0.326 e. The van der Waals surface area contributed by atoms with E-state index in [1.54, 1.807) is 0 Å². The number of hydrogen-bond acceptors (Lipinski definition) is 2. The molecule has 3 N–H and O–H groups in total. The molecule has 0 unspecified atom stereocenters. The van der Waals surface area contributed by atoms with Crippen LogP contribution in [0.15, 0.2) is 0 Å². The van der Waals surface area contributed by atoms with Crippen LogP contribution in [0.2, 0.25) is 0 Å². The molecule has 9 heteroatoms. The fourth-order valence-electron chi connectivity index (χ4n) is 1.11. The lowest BCUT2D eigenvalue weighted by Crippen LogP contribution is -2.54. The normalized spacial score (nSPS) is 14.1. The second-order valence-electron chi connectivity index (χ2n) is 5.03. The van der Waals surface area contributed by atoms with Crippen molar-refractivity contribution in [3.05, 3.63) is 0 Å². The van der Waals surface area contributed by atoms with Crippen LogP contribution in [-0.4, -0.2) is 42.0 Å². The molecule has 2 amide bonds. The molecule has 0 saturated heterocycles. The van der Waals surface area contributed by atoms with Crippen LogP contribution < -0.4 is 10.6 Å². The Morgan fingerprint density at radius 1 is 1.21 bits per heavy atom. The summed E-state index contributed by atoms with van der Waals surface area (Å²) in [5.74, 6) is -5.72. The van der Waals surface area contributed by atoms with Crippen molar-refractivity contribution in [2.45, 2.75) is 39.2 Å². The van der Waals surface area contributed by atoms with Gasteiger partial charge in [-0.05, 0) is 5.41 Å². The van der Waals surface area contributed by atoms with Crippen molar-refractivity contribution in [2.75, 3.05) is 6.54 Å². The number of rotatable bonds is 5. The van der Waals surface area contributed by atoms with Gasteiger partial charge in [0.1, 0.15) is 6.04 Å². The largest absolute Gasteiger partial charge is 0.480 e. The maximum absolute atomic E-state index is 12.5. The summed E-state index contributed by atoms with van der Waals surface area (Å²) >= 11 is 0. The molecule has 112 valence electrons. The SMILES string of the molecule is CC(C)(C)[C@H](NC(=O)NCC(F)(F)C(F)F)C(=O)O. The first-order valence-electron chi connectivity index (χ1n) is 5.31. The standard InChI is InChI=1S/C10H16F4N2O3/c1-9(2,3)5(6(17)18)16-8(19)15-4-10(13,14)7(11)12/h5,7H,4H2,1-3H3,(H,17,18)(H2,15,16,19)/t5-/m1/s1. The number of halogens is 4. The van der Waals surface area contributed by atoms with Crippen molar-refractivity contribution in [3.8, 4) is 0 Å². The number of aliphatic carboxylic acids is 1. The number of urea groups is 1. The van der Waals surface area contributed by atoms with E-state index in [9.17, 15) is 27.2 Å². The lowest BCUT2D eigenvalue weighted by atomic mass is 9.87. The van der Waals surface area contributed by atoms with Gasteiger partial charge < -0.3 is 15.7 Å². The summed E-state index contributed by atoms with van der Waals surface area (Å²) in [6.45, 7) is 2.96. The smallest absolute Gasteiger partial charge is 0.326 e. The van der Waals surface area contributed by atoms with E-state index in [4.69, 9.17) is 5.11 Å². The van der Waals surface area contributed by atoms with Crippen molar-refractivity contribution < 1.29 is 32.3 Å². The van der Waals surface area contributed by atoms with Crippen LogP contribution in [0.25, 0.3) is 0 Å². The summed E-state index contributed by atoms with van der Waals surface area (Å²) < 4.78 is 48.7. The topological polar surface area (TPSA) is 78.4 Å². The first-order valence-corrected chi connectivity index (χ1v) is 5.31. The van der Waals surface area contributed by atoms with Gasteiger partial charge in [-0.1, -0.05) is 20.8 Å². The molecule has 0 aromatic rings. The van der Waals surface area contributed by atoms with Crippen molar-refractivity contribution in [1.82, 2.24) is 10.6 Å². The van der Waals surface area contributed by atoms with Gasteiger partial charge in [-0.2, -0.15) is 8.78 Å². The number of carboxylic acids is 1. The predicted octanol–water partition coefficient (Wildman–Crippen LogP) is 1.69. The van der Waals surface area contributed by atoms with E-state index in [2.05, 4.69) is 0 Å². The minimum atomic E-state index is -4.36. The molecule has 0 bridgehead atoms. The quantitative estimate of drug-likeness (QED) is 0.674. The monoisotopic (exact) mass is 288 g/mol. The molecule has 0 radical (unpaired) electrons. The van der Waals surface area contributed by atoms with Crippen molar-refractivity contribution in [2.24, 2.45) is 5.41 Å². The van der Waals surface area contributed by atoms with Crippen LogP contribution in [-0.2, 0) is 4.79 Å². The van der Waals surface area contributed by atoms with Crippen molar-refractivity contribution in [1.29, 1.82) is 0 Å². The maximum atomic E-state index is 12.5. The van der Waals surface area contributed by atoms with Crippen molar-refractivity contribution in [3.63, 3.8) is 0 Å². The zero-order valence-electron chi connectivity index (χ0n) is 10.6. The average molecular weight is 288 g/mol. The Balaban J connectivity index is 4.50. The van der Waals surface area contributed by atoms with E-state index in [0.717, 1.165) is 0 Å². The molecule has 0 aliphatic carbocycles. The number of hydrogen-bond donors (Lipinski definition) is 3. The zero-order chi connectivity index (χ0) is 15.4. The molecule has 0 saturated carbocycles. The molecule has 0 aromatic heterocycles. The van der Waals surface area contributed by atoms with E-state index >= 15 is 0 Å². The fourth-order valence-corrected chi connectivity index (χ4v) is 1.11. The summed E-state index contributed by atoms with van der Waals surface area (Å²) in [5, 5.41) is 12.3. The Hall–Kier alpha value is -1.54. The molecular weight excluding hydrogens is 272 g/mol. The van der Waals surface area contributed by atoms with Gasteiger partial charge in [-0.3, -0.25) is 0 Å². The molecule has 0 aliphatic heterocycles. The molecule has 0 spiro atoms. The Bertz CT molecular complexity index is 342. The third-order valence-electron chi connectivity index (χ3n) is 2.19. The van der Waals surface area contributed by atoms with Crippen LogP contribution in [0.5, 0.6) is 0 Å². The Kier molecular flexibility index (Phi) is 5.58. The van der Waals surface area contributed by atoms with Gasteiger partial charge in [0.2, 0.25) is 0 Å². The van der Waals surface area contributed by atoms with Gasteiger partial charge in [-0.25, -0.2) is 18.4 Å². The fraction of sp³-hybridized carbons (Fsp3) is 0.800. The Morgan fingerprint density at radius 2 is 1.68 bits per heavy atom. The van der Waals surface area contributed by atoms with Gasteiger partial charge in [0.15, 0.2) is 0 Å². The lowest BCUT2D eigenvalue weighted by Gasteiger charge is -2.28. The van der Waals surface area contributed by atoms with Gasteiger partial charge in [0, 0.05) is 0 Å². The number of carbonyl (C=O) groups excluding carboxylic acids is 1. The zero-order valence-corrected chi connectivity index (χ0v) is 10.6. The summed E-state index contributed by atoms with van der Waals surface area (Å²) in [6.07, 6.45) is -3.91. The van der Waals surface area contributed by atoms with E-state index in [0.29, 0.717) is 0 Å². The number of nitrogens with one attached hydrogen (secondary N) is 2. The highest BCUT2D eigenvalue weighted by Crippen LogP contribution is 2.22. The minimum absolute atomic E-state index is 0.867. The molecule has 0 fully saturated rings. The highest BCUT2D eigenvalue weighted by molar-refractivity contribution is 5.83. The van der Waals surface area contributed by atoms with Gasteiger partial charge in [0.25, 0.3) is 0 Å². The van der Waals surface area contributed by atoms with E-state index in [1.165, 1.54) is 26.1 Å². The molecular formula is C10H16F4N2O3. The second kappa shape index (κ2) is 6.07. The molecule has 0 aliphatic rings. The molecule has 19 heavy (non-hydrogen) atoms. The highest BCUT2D eigenvalue weighted by Gasteiger charge is 2.41. The Morgan fingerprint density at radius 3 is 2.00 bits per heavy atom. The third-order valence-corrected chi connectivity index (χ3v) is 2.19. The van der Waals surface area contributed by atoms with Gasteiger partial charge >= 0.3 is 24.3 Å². The van der Waals surface area contributed by atoms with Crippen molar-refractivity contribution >= 4 is 12.0 Å². The summed E-state index contributed by atoms with van der Waals surface area (Å²) in [7, 11) is 0. The number of alkyl halides is 4. The molecule has 5 nitrogen and oxygen atoms in total. The van der Waals surface area contributed by atoms with Crippen LogP contribution in [0.1, 0.15) is 20.8 Å². The van der Waals surface area contributed by atoms with E-state index < -0.39 is 42.3 Å². The number of carboxylic acid groups (broad SMARTS) is 1. The summed E-state index contributed by atoms with van der Waals surface area (Å²) in [5.41, 5.74) is -0.867. The van der Waals surface area contributed by atoms with Gasteiger partial charge in [-0.15, -0.1) is 0 Å². The predicted molar refractivity (Wildman–Crippen MR) is 58.4 cm³/mol. The van der Waals surface area contributed by atoms with E-state index in [1.807, 2.05) is 5.32 Å². The average Bonchev–Trinajstić information content (AvgIpc) is 2.20. The molecule has 1 atom stereocenters. The Labute approximate surface area is 107 Å². The second-order valence-corrected chi connectivity index (χ2v) is 5.03. The van der Waals surface area contributed by atoms with Crippen LogP contribution in [0, 0.1) is 5.41 Å². The minimum Gasteiger partial charge on any atom is -0.480 e. The first kappa shape index (κ1) is 17.5. The third kappa shape index (κ3) is 5.75. The van der Waals surface area contributed by atoms with Gasteiger partial charge in [0.05, 0.1) is 6.54 Å². The molecule has 0 rings (SSSR count). The molecule has 0 aromatic carbocycles.